The molecule has 0 saturated carbocycles. The second kappa shape index (κ2) is 6.99. The molecule has 4 rings (SSSR count). The van der Waals surface area contributed by atoms with E-state index in [1.54, 1.807) is 11.3 Å². The fourth-order valence-corrected chi connectivity index (χ4v) is 4.96. The lowest BCUT2D eigenvalue weighted by Gasteiger charge is -2.30. The molecule has 0 unspecified atom stereocenters. The van der Waals surface area contributed by atoms with Crippen molar-refractivity contribution in [1.82, 2.24) is 15.0 Å². The van der Waals surface area contributed by atoms with E-state index < -0.39 is 0 Å². The van der Waals surface area contributed by atoms with Gasteiger partial charge in [0.05, 0.1) is 28.1 Å². The summed E-state index contributed by atoms with van der Waals surface area (Å²) in [5.41, 5.74) is 3.24. The number of aryl methyl sites for hydroxylation is 1. The summed E-state index contributed by atoms with van der Waals surface area (Å²) in [7, 11) is 0. The lowest BCUT2D eigenvalue weighted by Crippen LogP contribution is -2.32. The van der Waals surface area contributed by atoms with E-state index in [1.165, 1.54) is 5.56 Å². The molecule has 0 aromatic carbocycles. The van der Waals surface area contributed by atoms with E-state index in [0.29, 0.717) is 6.61 Å². The van der Waals surface area contributed by atoms with Gasteiger partial charge in [-0.05, 0) is 39.7 Å². The number of rotatable bonds is 5. The van der Waals surface area contributed by atoms with Crippen LogP contribution >= 0.6 is 11.3 Å². The van der Waals surface area contributed by atoms with E-state index in [9.17, 15) is 0 Å². The fourth-order valence-electron chi connectivity index (χ4n) is 3.83. The predicted octanol–water partition coefficient (Wildman–Crippen LogP) is 5.03. The summed E-state index contributed by atoms with van der Waals surface area (Å²) in [5.74, 6) is 1.89. The molecule has 0 amide bonds. The summed E-state index contributed by atoms with van der Waals surface area (Å²) in [6, 6.07) is 2.24. The molecule has 1 aliphatic heterocycles. The largest absolute Gasteiger partial charge is 0.370 e. The number of anilines is 1. The minimum absolute atomic E-state index is 0.148. The van der Waals surface area contributed by atoms with Crippen molar-refractivity contribution in [2.45, 2.75) is 66.1 Å². The molecular weight excluding hydrogens is 356 g/mol. The van der Waals surface area contributed by atoms with Gasteiger partial charge in [-0.25, -0.2) is 15.0 Å². The molecule has 0 bridgehead atoms. The minimum Gasteiger partial charge on any atom is -0.370 e. The monoisotopic (exact) mass is 384 g/mol. The van der Waals surface area contributed by atoms with Gasteiger partial charge in [0.2, 0.25) is 0 Å². The third-order valence-electron chi connectivity index (χ3n) is 5.07. The molecule has 5 nitrogen and oxygen atoms in total. The van der Waals surface area contributed by atoms with Gasteiger partial charge in [0.15, 0.2) is 0 Å². The third-order valence-corrected chi connectivity index (χ3v) is 6.15. The second-order valence-electron chi connectivity index (χ2n) is 8.03. The number of pyridine rings is 1. The van der Waals surface area contributed by atoms with Crippen molar-refractivity contribution in [3.05, 3.63) is 23.1 Å². The van der Waals surface area contributed by atoms with Crippen LogP contribution in [0.4, 0.5) is 5.82 Å². The molecule has 3 aromatic heterocycles. The smallest absolute Gasteiger partial charge is 0.150 e. The summed E-state index contributed by atoms with van der Waals surface area (Å²) >= 11 is 1.73. The minimum atomic E-state index is -0.148. The first-order chi connectivity index (χ1) is 12.9. The molecule has 0 aliphatic carbocycles. The lowest BCUT2D eigenvalue weighted by atomic mass is 9.95. The number of thiophene rings is 1. The van der Waals surface area contributed by atoms with Crippen LogP contribution in [-0.4, -0.2) is 33.6 Å². The van der Waals surface area contributed by atoms with E-state index in [0.717, 1.165) is 70.1 Å². The molecule has 0 radical (unpaired) electrons. The van der Waals surface area contributed by atoms with Crippen LogP contribution in [0.3, 0.4) is 0 Å². The van der Waals surface area contributed by atoms with Crippen LogP contribution in [0.25, 0.3) is 20.4 Å². The lowest BCUT2D eigenvalue weighted by molar-refractivity contribution is -0.0411. The summed E-state index contributed by atoms with van der Waals surface area (Å²) in [4.78, 5) is 18.1. The van der Waals surface area contributed by atoms with E-state index in [2.05, 4.69) is 38.7 Å². The van der Waals surface area contributed by atoms with Crippen LogP contribution in [0.2, 0.25) is 0 Å². The maximum absolute atomic E-state index is 6.00. The highest BCUT2D eigenvalue weighted by Crippen LogP contribution is 2.39. The molecule has 0 spiro atoms. The average Bonchev–Trinajstić information content (AvgIpc) is 2.95. The topological polar surface area (TPSA) is 51.1 Å². The van der Waals surface area contributed by atoms with E-state index in [-0.39, 0.29) is 5.60 Å². The van der Waals surface area contributed by atoms with Crippen LogP contribution in [0.1, 0.15) is 57.6 Å². The van der Waals surface area contributed by atoms with Crippen LogP contribution in [0.15, 0.2) is 6.07 Å². The summed E-state index contributed by atoms with van der Waals surface area (Å²) in [6.07, 6.45) is 3.06. The van der Waals surface area contributed by atoms with Crippen molar-refractivity contribution in [2.24, 2.45) is 0 Å². The Kier molecular flexibility index (Phi) is 4.80. The zero-order chi connectivity index (χ0) is 19.2. The van der Waals surface area contributed by atoms with Crippen LogP contribution in [0.5, 0.6) is 0 Å². The summed E-state index contributed by atoms with van der Waals surface area (Å²) in [5, 5.41) is 1.14. The molecule has 4 heterocycles. The van der Waals surface area contributed by atoms with Gasteiger partial charge in [-0.2, -0.15) is 0 Å². The number of hydrogen-bond donors (Lipinski definition) is 0. The van der Waals surface area contributed by atoms with Crippen LogP contribution in [0, 0.1) is 6.92 Å². The van der Waals surface area contributed by atoms with Gasteiger partial charge in [-0.15, -0.1) is 11.3 Å². The molecular formula is C21H28N4OS. The van der Waals surface area contributed by atoms with Gasteiger partial charge in [0.25, 0.3) is 0 Å². The van der Waals surface area contributed by atoms with Crippen molar-refractivity contribution in [1.29, 1.82) is 0 Å². The van der Waals surface area contributed by atoms with Crippen molar-refractivity contribution >= 4 is 37.6 Å². The average molecular weight is 385 g/mol. The van der Waals surface area contributed by atoms with E-state index in [4.69, 9.17) is 19.7 Å². The van der Waals surface area contributed by atoms with E-state index in [1.807, 2.05) is 6.92 Å². The maximum atomic E-state index is 6.00. The van der Waals surface area contributed by atoms with Gasteiger partial charge in [-0.3, -0.25) is 0 Å². The number of ether oxygens (including phenoxy) is 1. The Balaban J connectivity index is 1.92. The normalized spacial score (nSPS) is 16.0. The van der Waals surface area contributed by atoms with Crippen LogP contribution in [-0.2, 0) is 17.8 Å². The molecule has 0 saturated heterocycles. The Morgan fingerprint density at radius 2 is 1.89 bits per heavy atom. The number of fused-ring (bicyclic) bond motifs is 4. The number of aromatic nitrogens is 3. The molecule has 1 aliphatic rings. The predicted molar refractivity (Wildman–Crippen MR) is 113 cm³/mol. The van der Waals surface area contributed by atoms with Gasteiger partial charge in [0.1, 0.15) is 16.5 Å². The summed E-state index contributed by atoms with van der Waals surface area (Å²) < 4.78 is 7.16. The van der Waals surface area contributed by atoms with Gasteiger partial charge in [-0.1, -0.05) is 13.8 Å². The zero-order valence-electron chi connectivity index (χ0n) is 16.9. The highest BCUT2D eigenvalue weighted by Gasteiger charge is 2.28. The first kappa shape index (κ1) is 18.6. The molecule has 3 aromatic rings. The van der Waals surface area contributed by atoms with Gasteiger partial charge >= 0.3 is 0 Å². The van der Waals surface area contributed by atoms with Gasteiger partial charge in [0, 0.05) is 30.5 Å². The Bertz CT molecular complexity index is 989. The second-order valence-corrected chi connectivity index (χ2v) is 9.03. The van der Waals surface area contributed by atoms with Crippen molar-refractivity contribution < 1.29 is 4.74 Å². The third kappa shape index (κ3) is 3.41. The van der Waals surface area contributed by atoms with Crippen molar-refractivity contribution in [3.8, 4) is 0 Å². The molecule has 0 N–H and O–H groups in total. The molecule has 6 heteroatoms. The zero-order valence-corrected chi connectivity index (χ0v) is 17.7. The van der Waals surface area contributed by atoms with Crippen molar-refractivity contribution in [2.75, 3.05) is 18.0 Å². The van der Waals surface area contributed by atoms with Crippen molar-refractivity contribution in [3.63, 3.8) is 0 Å². The maximum Gasteiger partial charge on any atom is 0.150 e. The molecule has 144 valence electrons. The number of nitrogens with zero attached hydrogens (tertiary/aromatic N) is 4. The highest BCUT2D eigenvalue weighted by molar-refractivity contribution is 7.25. The first-order valence-electron chi connectivity index (χ1n) is 9.90. The first-order valence-corrected chi connectivity index (χ1v) is 10.7. The standard InChI is InChI=1S/C21H28N4OS/c1-6-8-25(9-7-2)19-18-17(22-13(3)23-19)15-10-14-12-26-21(4,5)11-16(14)24-20(15)27-18/h10H,6-9,11-12H2,1-5H3. The fraction of sp³-hybridized carbons (Fsp3) is 0.571. The Morgan fingerprint density at radius 3 is 2.59 bits per heavy atom. The van der Waals surface area contributed by atoms with E-state index >= 15 is 0 Å². The van der Waals surface area contributed by atoms with Crippen LogP contribution < -0.4 is 4.90 Å². The molecule has 0 atom stereocenters. The Labute approximate surface area is 164 Å². The Hall–Kier alpha value is -1.79. The van der Waals surface area contributed by atoms with Gasteiger partial charge < -0.3 is 9.64 Å². The summed E-state index contributed by atoms with van der Waals surface area (Å²) in [6.45, 7) is 13.3. The highest BCUT2D eigenvalue weighted by atomic mass is 32.1. The molecule has 0 fully saturated rings. The quantitative estimate of drug-likeness (QED) is 0.618. The molecule has 27 heavy (non-hydrogen) atoms. The number of hydrogen-bond acceptors (Lipinski definition) is 6. The SMILES string of the molecule is CCCN(CCC)c1nc(C)nc2c1sc1nc3c(cc12)COC(C)(C)C3. The Morgan fingerprint density at radius 1 is 1.15 bits per heavy atom.